The van der Waals surface area contributed by atoms with E-state index in [-0.39, 0.29) is 5.91 Å². The molecule has 0 aliphatic carbocycles. The minimum atomic E-state index is -0.221. The van der Waals surface area contributed by atoms with Crippen molar-refractivity contribution in [2.75, 3.05) is 6.54 Å². The van der Waals surface area contributed by atoms with E-state index in [1.54, 1.807) is 24.3 Å². The van der Waals surface area contributed by atoms with Crippen LogP contribution in [-0.2, 0) is 4.79 Å². The van der Waals surface area contributed by atoms with E-state index in [1.165, 1.54) is 6.08 Å². The van der Waals surface area contributed by atoms with Crippen LogP contribution in [0.15, 0.2) is 35.3 Å². The van der Waals surface area contributed by atoms with Crippen LogP contribution < -0.4 is 5.32 Å². The third-order valence-corrected chi connectivity index (χ3v) is 2.69. The summed E-state index contributed by atoms with van der Waals surface area (Å²) in [5.74, 6) is -0.221. The Balaban J connectivity index is 2.67. The summed E-state index contributed by atoms with van der Waals surface area (Å²) in [6, 6.07) is 5.06. The summed E-state index contributed by atoms with van der Waals surface area (Å²) < 4.78 is 0.708. The lowest BCUT2D eigenvalue weighted by Crippen LogP contribution is -2.21. The van der Waals surface area contributed by atoms with Crippen LogP contribution in [0.25, 0.3) is 6.08 Å². The standard InChI is InChI=1S/C12H10BrCl2NO/c1-8(13)7-16-12(17)5-2-9-6-10(14)3-4-11(9)15/h2-6H,1,7H2,(H,16,17)/b5-2+. The van der Waals surface area contributed by atoms with Gasteiger partial charge in [-0.15, -0.1) is 0 Å². The fourth-order valence-electron chi connectivity index (χ4n) is 1.05. The van der Waals surface area contributed by atoms with Crippen LogP contribution in [0.5, 0.6) is 0 Å². The third-order valence-electron chi connectivity index (χ3n) is 1.83. The average molecular weight is 335 g/mol. The number of carbonyl (C=O) groups excluding carboxylic acids is 1. The first-order chi connectivity index (χ1) is 7.99. The second-order valence-corrected chi connectivity index (χ2v) is 5.20. The maximum absolute atomic E-state index is 11.4. The normalized spacial score (nSPS) is 10.5. The number of benzene rings is 1. The fourth-order valence-corrected chi connectivity index (χ4v) is 1.55. The molecule has 0 unspecified atom stereocenters. The summed E-state index contributed by atoms with van der Waals surface area (Å²) in [5.41, 5.74) is 0.701. The van der Waals surface area contributed by atoms with Gasteiger partial charge in [-0.25, -0.2) is 0 Å². The van der Waals surface area contributed by atoms with Gasteiger partial charge in [-0.2, -0.15) is 0 Å². The van der Waals surface area contributed by atoms with E-state index in [4.69, 9.17) is 23.2 Å². The summed E-state index contributed by atoms with van der Waals surface area (Å²) in [7, 11) is 0. The van der Waals surface area contributed by atoms with E-state index >= 15 is 0 Å². The molecule has 0 spiro atoms. The van der Waals surface area contributed by atoms with E-state index in [0.717, 1.165) is 0 Å². The molecule has 1 amide bonds. The molecule has 90 valence electrons. The summed E-state index contributed by atoms with van der Waals surface area (Å²) in [6.45, 7) is 3.99. The molecule has 0 aliphatic heterocycles. The van der Waals surface area contributed by atoms with E-state index in [2.05, 4.69) is 27.8 Å². The van der Waals surface area contributed by atoms with Crippen molar-refractivity contribution in [1.29, 1.82) is 0 Å². The minimum Gasteiger partial charge on any atom is -0.348 e. The fraction of sp³-hybridized carbons (Fsp3) is 0.0833. The second-order valence-electron chi connectivity index (χ2n) is 3.23. The zero-order chi connectivity index (χ0) is 12.8. The minimum absolute atomic E-state index is 0.221. The average Bonchev–Trinajstić information content (AvgIpc) is 2.27. The summed E-state index contributed by atoms with van der Waals surface area (Å²) >= 11 is 14.9. The predicted molar refractivity (Wildman–Crippen MR) is 76.6 cm³/mol. The van der Waals surface area contributed by atoms with E-state index < -0.39 is 0 Å². The Morgan fingerprint density at radius 3 is 2.82 bits per heavy atom. The molecule has 1 rings (SSSR count). The highest BCUT2D eigenvalue weighted by Crippen LogP contribution is 2.21. The van der Waals surface area contributed by atoms with Gasteiger partial charge < -0.3 is 5.32 Å². The molecule has 2 nitrogen and oxygen atoms in total. The molecular formula is C12H10BrCl2NO. The van der Waals surface area contributed by atoms with Crippen LogP contribution in [-0.4, -0.2) is 12.5 Å². The van der Waals surface area contributed by atoms with Crippen molar-refractivity contribution in [3.8, 4) is 0 Å². The van der Waals surface area contributed by atoms with Gasteiger partial charge in [0, 0.05) is 27.1 Å². The van der Waals surface area contributed by atoms with Crippen molar-refractivity contribution in [2.24, 2.45) is 0 Å². The van der Waals surface area contributed by atoms with Crippen LogP contribution in [0, 0.1) is 0 Å². The Bertz CT molecular complexity index is 472. The summed E-state index contributed by atoms with van der Waals surface area (Å²) in [5, 5.41) is 3.76. The van der Waals surface area contributed by atoms with Crippen molar-refractivity contribution in [3.63, 3.8) is 0 Å². The van der Waals surface area contributed by atoms with Gasteiger partial charge >= 0.3 is 0 Å². The third kappa shape index (κ3) is 5.39. The monoisotopic (exact) mass is 333 g/mol. The largest absolute Gasteiger partial charge is 0.348 e. The van der Waals surface area contributed by atoms with E-state index in [1.807, 2.05) is 0 Å². The number of rotatable bonds is 4. The van der Waals surface area contributed by atoms with Crippen LogP contribution in [0.2, 0.25) is 10.0 Å². The zero-order valence-corrected chi connectivity index (χ0v) is 11.9. The molecule has 0 radical (unpaired) electrons. The first-order valence-electron chi connectivity index (χ1n) is 4.73. The zero-order valence-electron chi connectivity index (χ0n) is 8.84. The SMILES string of the molecule is C=C(Br)CNC(=O)/C=C/c1cc(Cl)ccc1Cl. The molecule has 0 heterocycles. The quantitative estimate of drug-likeness (QED) is 0.827. The van der Waals surface area contributed by atoms with Gasteiger partial charge in [-0.05, 0) is 29.8 Å². The Kier molecular flexibility index (Phi) is 5.75. The lowest BCUT2D eigenvalue weighted by Gasteiger charge is -2.00. The lowest BCUT2D eigenvalue weighted by atomic mass is 10.2. The van der Waals surface area contributed by atoms with Crippen molar-refractivity contribution in [1.82, 2.24) is 5.32 Å². The van der Waals surface area contributed by atoms with E-state index in [0.29, 0.717) is 26.6 Å². The van der Waals surface area contributed by atoms with Crippen molar-refractivity contribution < 1.29 is 4.79 Å². The number of hydrogen-bond acceptors (Lipinski definition) is 1. The molecule has 0 saturated heterocycles. The maximum Gasteiger partial charge on any atom is 0.244 e. The molecular weight excluding hydrogens is 325 g/mol. The Hall–Kier alpha value is -0.770. The number of amides is 1. The maximum atomic E-state index is 11.4. The van der Waals surface area contributed by atoms with Crippen LogP contribution in [0.3, 0.4) is 0 Å². The Labute approximate surface area is 118 Å². The molecule has 17 heavy (non-hydrogen) atoms. The van der Waals surface area contributed by atoms with Gasteiger partial charge in [0.25, 0.3) is 0 Å². The number of halogens is 3. The molecule has 1 aromatic rings. The number of nitrogens with one attached hydrogen (secondary N) is 1. The number of carbonyl (C=O) groups is 1. The summed E-state index contributed by atoms with van der Waals surface area (Å²) in [6.07, 6.45) is 3.01. The van der Waals surface area contributed by atoms with Gasteiger partial charge in [-0.1, -0.05) is 45.7 Å². The van der Waals surface area contributed by atoms with Gasteiger partial charge in [0.05, 0.1) is 0 Å². The van der Waals surface area contributed by atoms with Crippen LogP contribution >= 0.6 is 39.1 Å². The first-order valence-corrected chi connectivity index (χ1v) is 6.28. The number of hydrogen-bond donors (Lipinski definition) is 1. The van der Waals surface area contributed by atoms with E-state index in [9.17, 15) is 4.79 Å². The van der Waals surface area contributed by atoms with Crippen molar-refractivity contribution >= 4 is 51.1 Å². The summed E-state index contributed by atoms with van der Waals surface area (Å²) in [4.78, 5) is 11.4. The highest BCUT2D eigenvalue weighted by Gasteiger charge is 1.99. The molecule has 5 heteroatoms. The molecule has 0 fully saturated rings. The molecule has 0 aliphatic rings. The Morgan fingerprint density at radius 1 is 1.47 bits per heavy atom. The Morgan fingerprint density at radius 2 is 2.18 bits per heavy atom. The van der Waals surface area contributed by atoms with Gasteiger partial charge in [0.1, 0.15) is 0 Å². The van der Waals surface area contributed by atoms with Crippen molar-refractivity contribution in [3.05, 3.63) is 50.9 Å². The highest BCUT2D eigenvalue weighted by atomic mass is 79.9. The molecule has 1 N–H and O–H groups in total. The smallest absolute Gasteiger partial charge is 0.244 e. The highest BCUT2D eigenvalue weighted by molar-refractivity contribution is 9.11. The topological polar surface area (TPSA) is 29.1 Å². The van der Waals surface area contributed by atoms with Crippen LogP contribution in [0.4, 0.5) is 0 Å². The molecule has 0 saturated carbocycles. The molecule has 0 bridgehead atoms. The molecule has 0 aromatic heterocycles. The van der Waals surface area contributed by atoms with Gasteiger partial charge in [0.2, 0.25) is 5.91 Å². The van der Waals surface area contributed by atoms with Gasteiger partial charge in [0.15, 0.2) is 0 Å². The lowest BCUT2D eigenvalue weighted by molar-refractivity contribution is -0.116. The van der Waals surface area contributed by atoms with Gasteiger partial charge in [-0.3, -0.25) is 4.79 Å². The van der Waals surface area contributed by atoms with Crippen molar-refractivity contribution in [2.45, 2.75) is 0 Å². The molecule has 0 atom stereocenters. The molecule has 1 aromatic carbocycles. The second kappa shape index (κ2) is 6.84. The van der Waals surface area contributed by atoms with Crippen LogP contribution in [0.1, 0.15) is 5.56 Å². The predicted octanol–water partition coefficient (Wildman–Crippen LogP) is 4.03. The first kappa shape index (κ1) is 14.3.